The Morgan fingerprint density at radius 3 is 2.77 bits per heavy atom. The maximum atomic E-state index is 13.1. The van der Waals surface area contributed by atoms with E-state index in [0.717, 1.165) is 62.1 Å². The number of nitrogens with one attached hydrogen (secondary N) is 1. The van der Waals surface area contributed by atoms with Crippen LogP contribution in [0.5, 0.6) is 0 Å². The maximum absolute atomic E-state index is 13.1. The summed E-state index contributed by atoms with van der Waals surface area (Å²) in [6.07, 6.45) is 9.86. The summed E-state index contributed by atoms with van der Waals surface area (Å²) in [6, 6.07) is 2.23. The van der Waals surface area contributed by atoms with E-state index in [1.807, 2.05) is 22.1 Å². The molecule has 1 aliphatic carbocycles. The van der Waals surface area contributed by atoms with Crippen LogP contribution in [0.3, 0.4) is 0 Å². The molecule has 0 aromatic carbocycles. The Bertz CT molecular complexity index is 874. The van der Waals surface area contributed by atoms with Gasteiger partial charge in [0.1, 0.15) is 17.9 Å². The number of amides is 1. The fourth-order valence-electron chi connectivity index (χ4n) is 4.43. The number of nitrogens with zero attached hydrogens (tertiary/aromatic N) is 3. The number of rotatable bonds is 3. The van der Waals surface area contributed by atoms with Crippen molar-refractivity contribution in [3.63, 3.8) is 0 Å². The first-order valence-corrected chi connectivity index (χ1v) is 10.0. The molecule has 3 heterocycles. The fourth-order valence-corrected chi connectivity index (χ4v) is 4.43. The van der Waals surface area contributed by atoms with E-state index in [4.69, 9.17) is 4.98 Å². The van der Waals surface area contributed by atoms with Gasteiger partial charge >= 0.3 is 0 Å². The zero-order chi connectivity index (χ0) is 18.1. The topological polar surface area (TPSA) is 68.9 Å². The SMILES string of the molecule is Cc1cc2nc3n(c(=O)c2n1CC(=O)NC1CCCCC1)CCCCC3. The molecule has 2 aromatic rings. The largest absolute Gasteiger partial charge is 0.352 e. The summed E-state index contributed by atoms with van der Waals surface area (Å²) in [6.45, 7) is 2.88. The molecule has 26 heavy (non-hydrogen) atoms. The van der Waals surface area contributed by atoms with Crippen LogP contribution >= 0.6 is 0 Å². The van der Waals surface area contributed by atoms with Crippen molar-refractivity contribution in [2.45, 2.75) is 83.8 Å². The number of hydrogen-bond donors (Lipinski definition) is 1. The number of hydrogen-bond acceptors (Lipinski definition) is 3. The van der Waals surface area contributed by atoms with Gasteiger partial charge in [0, 0.05) is 24.7 Å². The van der Waals surface area contributed by atoms with Crippen LogP contribution < -0.4 is 10.9 Å². The van der Waals surface area contributed by atoms with Crippen molar-refractivity contribution in [2.24, 2.45) is 0 Å². The smallest absolute Gasteiger partial charge is 0.278 e. The number of fused-ring (bicyclic) bond motifs is 2. The van der Waals surface area contributed by atoms with E-state index < -0.39 is 0 Å². The fraction of sp³-hybridized carbons (Fsp3) is 0.650. The number of aromatic nitrogens is 3. The second kappa shape index (κ2) is 7.25. The van der Waals surface area contributed by atoms with Gasteiger partial charge in [-0.25, -0.2) is 4.98 Å². The molecule has 2 aromatic heterocycles. The predicted molar refractivity (Wildman–Crippen MR) is 101 cm³/mol. The highest BCUT2D eigenvalue weighted by atomic mass is 16.2. The van der Waals surface area contributed by atoms with Gasteiger partial charge in [0.05, 0.1) is 5.52 Å². The van der Waals surface area contributed by atoms with Crippen LogP contribution in [0.1, 0.15) is 62.9 Å². The highest BCUT2D eigenvalue weighted by molar-refractivity contribution is 5.81. The first kappa shape index (κ1) is 17.3. The second-order valence-electron chi connectivity index (χ2n) is 7.80. The Morgan fingerprint density at radius 2 is 1.96 bits per heavy atom. The summed E-state index contributed by atoms with van der Waals surface area (Å²) in [7, 11) is 0. The van der Waals surface area contributed by atoms with Gasteiger partial charge in [-0.2, -0.15) is 0 Å². The first-order chi connectivity index (χ1) is 12.6. The standard InChI is InChI=1S/C20H28N4O2/c1-14-12-16-19(20(26)23-11-7-3-6-10-17(23)22-16)24(14)13-18(25)21-15-8-4-2-5-9-15/h12,15H,2-11,13H2,1H3,(H,21,25). The van der Waals surface area contributed by atoms with E-state index in [1.165, 1.54) is 19.3 Å². The molecule has 1 aliphatic heterocycles. The third kappa shape index (κ3) is 3.29. The average molecular weight is 356 g/mol. The summed E-state index contributed by atoms with van der Waals surface area (Å²) < 4.78 is 3.67. The van der Waals surface area contributed by atoms with E-state index >= 15 is 0 Å². The normalized spacial score (nSPS) is 18.5. The Balaban J connectivity index is 1.64. The predicted octanol–water partition coefficient (Wildman–Crippen LogP) is 2.68. The Morgan fingerprint density at radius 1 is 1.19 bits per heavy atom. The zero-order valence-corrected chi connectivity index (χ0v) is 15.6. The van der Waals surface area contributed by atoms with Crippen molar-refractivity contribution in [3.05, 3.63) is 27.9 Å². The summed E-state index contributed by atoms with van der Waals surface area (Å²) in [5, 5.41) is 3.15. The molecule has 0 saturated heterocycles. The van der Waals surface area contributed by atoms with Gasteiger partial charge in [0.2, 0.25) is 5.91 Å². The van der Waals surface area contributed by atoms with Crippen molar-refractivity contribution in [3.8, 4) is 0 Å². The summed E-state index contributed by atoms with van der Waals surface area (Å²) in [5.41, 5.74) is 2.23. The highest BCUT2D eigenvalue weighted by Crippen LogP contribution is 2.20. The summed E-state index contributed by atoms with van der Waals surface area (Å²) in [4.78, 5) is 30.4. The number of aryl methyl sites for hydroxylation is 2. The van der Waals surface area contributed by atoms with Gasteiger partial charge in [0.25, 0.3) is 5.56 Å². The van der Waals surface area contributed by atoms with E-state index in [9.17, 15) is 9.59 Å². The van der Waals surface area contributed by atoms with Gasteiger partial charge in [0.15, 0.2) is 0 Å². The van der Waals surface area contributed by atoms with Gasteiger partial charge in [-0.3, -0.25) is 14.2 Å². The Hall–Kier alpha value is -2.11. The minimum Gasteiger partial charge on any atom is -0.352 e. The van der Waals surface area contributed by atoms with Crippen molar-refractivity contribution >= 4 is 16.9 Å². The zero-order valence-electron chi connectivity index (χ0n) is 15.6. The van der Waals surface area contributed by atoms with E-state index in [-0.39, 0.29) is 24.1 Å². The lowest BCUT2D eigenvalue weighted by Gasteiger charge is -2.23. The van der Waals surface area contributed by atoms with E-state index in [1.54, 1.807) is 0 Å². The van der Waals surface area contributed by atoms with E-state index in [2.05, 4.69) is 5.32 Å². The molecule has 6 nitrogen and oxygen atoms in total. The van der Waals surface area contributed by atoms with Crippen LogP contribution in [0.2, 0.25) is 0 Å². The monoisotopic (exact) mass is 356 g/mol. The maximum Gasteiger partial charge on any atom is 0.278 e. The van der Waals surface area contributed by atoms with Gasteiger partial charge in [-0.15, -0.1) is 0 Å². The number of carbonyl (C=O) groups is 1. The molecule has 1 saturated carbocycles. The molecule has 0 spiro atoms. The molecule has 4 rings (SSSR count). The molecule has 1 fully saturated rings. The quantitative estimate of drug-likeness (QED) is 0.919. The Labute approximate surface area is 153 Å². The molecule has 0 atom stereocenters. The molecule has 0 unspecified atom stereocenters. The lowest BCUT2D eigenvalue weighted by atomic mass is 9.95. The molecule has 140 valence electrons. The van der Waals surface area contributed by atoms with Crippen molar-refractivity contribution in [1.29, 1.82) is 0 Å². The van der Waals surface area contributed by atoms with Crippen LogP contribution in [-0.2, 0) is 24.3 Å². The van der Waals surface area contributed by atoms with Crippen molar-refractivity contribution in [2.75, 3.05) is 0 Å². The molecular formula is C20H28N4O2. The first-order valence-electron chi connectivity index (χ1n) is 10.0. The molecule has 1 N–H and O–H groups in total. The van der Waals surface area contributed by atoms with Gasteiger partial charge in [-0.05, 0) is 38.7 Å². The van der Waals surface area contributed by atoms with Crippen molar-refractivity contribution < 1.29 is 4.79 Å². The van der Waals surface area contributed by atoms with Gasteiger partial charge < -0.3 is 9.88 Å². The van der Waals surface area contributed by atoms with E-state index in [0.29, 0.717) is 5.52 Å². The Kier molecular flexibility index (Phi) is 4.83. The minimum absolute atomic E-state index is 0.00292. The summed E-state index contributed by atoms with van der Waals surface area (Å²) in [5.74, 6) is 0.889. The third-order valence-corrected chi connectivity index (χ3v) is 5.85. The molecule has 6 heteroatoms. The minimum atomic E-state index is -0.00292. The van der Waals surface area contributed by atoms with Crippen LogP contribution in [-0.4, -0.2) is 26.1 Å². The molecule has 0 bridgehead atoms. The van der Waals surface area contributed by atoms with Crippen LogP contribution in [0.4, 0.5) is 0 Å². The highest BCUT2D eigenvalue weighted by Gasteiger charge is 2.21. The molecule has 1 amide bonds. The lowest BCUT2D eigenvalue weighted by Crippen LogP contribution is -2.38. The molecule has 2 aliphatic rings. The third-order valence-electron chi connectivity index (χ3n) is 5.85. The number of carbonyl (C=O) groups excluding carboxylic acids is 1. The van der Waals surface area contributed by atoms with Gasteiger partial charge in [-0.1, -0.05) is 25.7 Å². The van der Waals surface area contributed by atoms with Crippen LogP contribution in [0.15, 0.2) is 10.9 Å². The lowest BCUT2D eigenvalue weighted by molar-refractivity contribution is -0.122. The molecular weight excluding hydrogens is 328 g/mol. The van der Waals surface area contributed by atoms with Crippen molar-refractivity contribution in [1.82, 2.24) is 19.4 Å². The molecule has 0 radical (unpaired) electrons. The van der Waals surface area contributed by atoms with Crippen LogP contribution in [0, 0.1) is 6.92 Å². The average Bonchev–Trinajstić information content (AvgIpc) is 2.80. The van der Waals surface area contributed by atoms with Crippen LogP contribution in [0.25, 0.3) is 11.0 Å². The second-order valence-corrected chi connectivity index (χ2v) is 7.80. The summed E-state index contributed by atoms with van der Waals surface area (Å²) >= 11 is 0.